The van der Waals surface area contributed by atoms with Crippen molar-refractivity contribution in [3.05, 3.63) is 0 Å². The quantitative estimate of drug-likeness (QED) is 0.628. The largest absolute Gasteiger partial charge is 0.469 e. The molecule has 1 amide bonds. The first-order valence-electron chi connectivity index (χ1n) is 6.88. The van der Waals surface area contributed by atoms with E-state index >= 15 is 0 Å². The molecule has 0 heterocycles. The summed E-state index contributed by atoms with van der Waals surface area (Å²) in [5.41, 5.74) is 0. The molecule has 0 aromatic carbocycles. The van der Waals surface area contributed by atoms with E-state index in [4.69, 9.17) is 0 Å². The highest BCUT2D eigenvalue weighted by atomic mass is 16.5. The Bertz CT molecular complexity index is 262. The van der Waals surface area contributed by atoms with Crippen LogP contribution in [0.1, 0.15) is 53.4 Å². The summed E-state index contributed by atoms with van der Waals surface area (Å²) in [6.45, 7) is 8.59. The second-order valence-corrected chi connectivity index (χ2v) is 4.63. The molecular formula is C14H27NO3. The Morgan fingerprint density at radius 2 is 1.67 bits per heavy atom. The minimum Gasteiger partial charge on any atom is -0.469 e. The summed E-state index contributed by atoms with van der Waals surface area (Å²) in [4.78, 5) is 25.4. The Morgan fingerprint density at radius 3 is 2.06 bits per heavy atom. The van der Waals surface area contributed by atoms with Crippen molar-refractivity contribution < 1.29 is 14.3 Å². The number of methoxy groups -OCH3 is 1. The monoisotopic (exact) mass is 257 g/mol. The molecule has 0 rings (SSSR count). The van der Waals surface area contributed by atoms with Crippen LogP contribution in [-0.2, 0) is 14.3 Å². The molecule has 4 nitrogen and oxygen atoms in total. The van der Waals surface area contributed by atoms with E-state index in [-0.39, 0.29) is 30.3 Å². The van der Waals surface area contributed by atoms with Crippen LogP contribution in [0.15, 0.2) is 0 Å². The first-order chi connectivity index (χ1) is 8.51. The zero-order valence-electron chi connectivity index (χ0n) is 12.4. The molecule has 0 aliphatic heterocycles. The number of rotatable bonds is 8. The first kappa shape index (κ1) is 16.9. The third-order valence-electron chi connectivity index (χ3n) is 3.53. The van der Waals surface area contributed by atoms with Crippen LogP contribution in [0.5, 0.6) is 0 Å². The van der Waals surface area contributed by atoms with Gasteiger partial charge in [0.1, 0.15) is 0 Å². The van der Waals surface area contributed by atoms with Gasteiger partial charge in [-0.25, -0.2) is 0 Å². The Labute approximate surface area is 111 Å². The average molecular weight is 257 g/mol. The van der Waals surface area contributed by atoms with Crippen LogP contribution in [0.2, 0.25) is 0 Å². The van der Waals surface area contributed by atoms with E-state index in [0.29, 0.717) is 6.54 Å². The van der Waals surface area contributed by atoms with Crippen LogP contribution >= 0.6 is 0 Å². The maximum atomic E-state index is 12.4. The van der Waals surface area contributed by atoms with Gasteiger partial charge in [-0.3, -0.25) is 9.59 Å². The van der Waals surface area contributed by atoms with Gasteiger partial charge in [-0.1, -0.05) is 20.8 Å². The molecule has 0 aromatic heterocycles. The summed E-state index contributed by atoms with van der Waals surface area (Å²) in [7, 11) is 1.37. The van der Waals surface area contributed by atoms with Gasteiger partial charge in [0, 0.05) is 18.5 Å². The molecule has 0 saturated heterocycles. The standard InChI is InChI=1S/C14H27NO3/c1-6-11(4)15(10-9-13(16)18-5)14(17)12(7-2)8-3/h11-12H,6-10H2,1-5H3. The molecule has 0 saturated carbocycles. The topological polar surface area (TPSA) is 46.6 Å². The zero-order chi connectivity index (χ0) is 14.1. The van der Waals surface area contributed by atoms with Gasteiger partial charge in [-0.15, -0.1) is 0 Å². The average Bonchev–Trinajstić information content (AvgIpc) is 2.39. The van der Waals surface area contributed by atoms with Gasteiger partial charge in [0.05, 0.1) is 13.5 Å². The van der Waals surface area contributed by atoms with Gasteiger partial charge in [0.25, 0.3) is 0 Å². The number of esters is 1. The van der Waals surface area contributed by atoms with Gasteiger partial charge in [0.2, 0.25) is 5.91 Å². The molecular weight excluding hydrogens is 230 g/mol. The van der Waals surface area contributed by atoms with E-state index in [9.17, 15) is 9.59 Å². The molecule has 0 aromatic rings. The molecule has 0 aliphatic rings. The van der Waals surface area contributed by atoms with Crippen molar-refractivity contribution in [1.29, 1.82) is 0 Å². The minimum atomic E-state index is -0.263. The summed E-state index contributed by atoms with van der Waals surface area (Å²) in [5.74, 6) is -0.0319. The highest BCUT2D eigenvalue weighted by molar-refractivity contribution is 5.79. The molecule has 4 heteroatoms. The molecule has 1 unspecified atom stereocenters. The predicted molar refractivity (Wildman–Crippen MR) is 72.2 cm³/mol. The Balaban J connectivity index is 4.66. The molecule has 1 atom stereocenters. The number of hydrogen-bond donors (Lipinski definition) is 0. The molecule has 0 aliphatic carbocycles. The van der Waals surface area contributed by atoms with Crippen LogP contribution in [0.25, 0.3) is 0 Å². The molecule has 18 heavy (non-hydrogen) atoms. The number of carbonyl (C=O) groups excluding carboxylic acids is 2. The number of ether oxygens (including phenoxy) is 1. The summed E-state index contributed by atoms with van der Waals surface area (Å²) < 4.78 is 4.63. The van der Waals surface area contributed by atoms with E-state index < -0.39 is 0 Å². The second kappa shape index (κ2) is 8.95. The van der Waals surface area contributed by atoms with Crippen molar-refractivity contribution in [2.75, 3.05) is 13.7 Å². The van der Waals surface area contributed by atoms with Gasteiger partial charge in [-0.05, 0) is 26.2 Å². The highest BCUT2D eigenvalue weighted by Crippen LogP contribution is 2.16. The van der Waals surface area contributed by atoms with Crippen molar-refractivity contribution in [2.45, 2.75) is 59.4 Å². The maximum absolute atomic E-state index is 12.4. The third-order valence-corrected chi connectivity index (χ3v) is 3.53. The van der Waals surface area contributed by atoms with E-state index in [1.165, 1.54) is 7.11 Å². The molecule has 0 N–H and O–H groups in total. The van der Waals surface area contributed by atoms with Crippen molar-refractivity contribution in [3.8, 4) is 0 Å². The molecule has 0 fully saturated rings. The van der Waals surface area contributed by atoms with Crippen LogP contribution in [-0.4, -0.2) is 36.5 Å². The normalized spacial score (nSPS) is 12.3. The lowest BCUT2D eigenvalue weighted by Gasteiger charge is -2.31. The van der Waals surface area contributed by atoms with Crippen LogP contribution < -0.4 is 0 Å². The molecule has 0 radical (unpaired) electrons. The highest BCUT2D eigenvalue weighted by Gasteiger charge is 2.25. The smallest absolute Gasteiger partial charge is 0.307 e. The fraction of sp³-hybridized carbons (Fsp3) is 0.857. The lowest BCUT2D eigenvalue weighted by molar-refractivity contribution is -0.143. The maximum Gasteiger partial charge on any atom is 0.307 e. The lowest BCUT2D eigenvalue weighted by Crippen LogP contribution is -2.43. The van der Waals surface area contributed by atoms with E-state index in [1.807, 2.05) is 25.7 Å². The van der Waals surface area contributed by atoms with E-state index in [1.54, 1.807) is 0 Å². The molecule has 106 valence electrons. The summed E-state index contributed by atoms with van der Waals surface area (Å²) in [6.07, 6.45) is 2.86. The second-order valence-electron chi connectivity index (χ2n) is 4.63. The van der Waals surface area contributed by atoms with Crippen molar-refractivity contribution in [2.24, 2.45) is 5.92 Å². The lowest BCUT2D eigenvalue weighted by atomic mass is 10.0. The van der Waals surface area contributed by atoms with Crippen molar-refractivity contribution in [3.63, 3.8) is 0 Å². The Morgan fingerprint density at radius 1 is 1.11 bits per heavy atom. The fourth-order valence-electron chi connectivity index (χ4n) is 1.95. The van der Waals surface area contributed by atoms with Crippen molar-refractivity contribution >= 4 is 11.9 Å². The number of amides is 1. The SMILES string of the molecule is CCC(CC)C(=O)N(CCC(=O)OC)C(C)CC. The Hall–Kier alpha value is -1.06. The molecule has 0 spiro atoms. The van der Waals surface area contributed by atoms with Gasteiger partial charge in [0.15, 0.2) is 0 Å². The van der Waals surface area contributed by atoms with Crippen LogP contribution in [0, 0.1) is 5.92 Å². The summed E-state index contributed by atoms with van der Waals surface area (Å²) in [5, 5.41) is 0. The van der Waals surface area contributed by atoms with Gasteiger partial charge < -0.3 is 9.64 Å². The number of carbonyl (C=O) groups is 2. The molecule has 0 bridgehead atoms. The number of nitrogens with zero attached hydrogens (tertiary/aromatic N) is 1. The van der Waals surface area contributed by atoms with E-state index in [2.05, 4.69) is 11.7 Å². The van der Waals surface area contributed by atoms with E-state index in [0.717, 1.165) is 19.3 Å². The third kappa shape index (κ3) is 5.07. The summed E-state index contributed by atoms with van der Waals surface area (Å²) >= 11 is 0. The first-order valence-corrected chi connectivity index (χ1v) is 6.88. The van der Waals surface area contributed by atoms with Gasteiger partial charge >= 0.3 is 5.97 Å². The Kier molecular flexibility index (Phi) is 8.42. The van der Waals surface area contributed by atoms with Gasteiger partial charge in [-0.2, -0.15) is 0 Å². The summed E-state index contributed by atoms with van der Waals surface area (Å²) in [6, 6.07) is 0.169. The fourth-order valence-corrected chi connectivity index (χ4v) is 1.95. The predicted octanol–water partition coefficient (Wildman–Crippen LogP) is 2.61. The van der Waals surface area contributed by atoms with Crippen molar-refractivity contribution in [1.82, 2.24) is 4.90 Å². The van der Waals surface area contributed by atoms with Crippen LogP contribution in [0.3, 0.4) is 0 Å². The zero-order valence-corrected chi connectivity index (χ0v) is 12.4. The van der Waals surface area contributed by atoms with Crippen LogP contribution in [0.4, 0.5) is 0 Å². The minimum absolute atomic E-state index is 0.0663. The number of hydrogen-bond acceptors (Lipinski definition) is 3.